The lowest BCUT2D eigenvalue weighted by Crippen LogP contribution is -2.07. The summed E-state index contributed by atoms with van der Waals surface area (Å²) in [6.07, 6.45) is 4.91. The Morgan fingerprint density at radius 2 is 2.29 bits per heavy atom. The van der Waals surface area contributed by atoms with Crippen LogP contribution < -0.4 is 0 Å². The van der Waals surface area contributed by atoms with E-state index < -0.39 is 0 Å². The lowest BCUT2D eigenvalue weighted by atomic mass is 10.1. The van der Waals surface area contributed by atoms with Crippen LogP contribution in [0.1, 0.15) is 20.3 Å². The molecule has 0 radical (unpaired) electrons. The van der Waals surface area contributed by atoms with Crippen molar-refractivity contribution in [2.45, 2.75) is 26.8 Å². The van der Waals surface area contributed by atoms with Crippen LogP contribution in [-0.4, -0.2) is 22.8 Å². The second-order valence-corrected chi connectivity index (χ2v) is 4.14. The van der Waals surface area contributed by atoms with Gasteiger partial charge >= 0.3 is 0 Å². The summed E-state index contributed by atoms with van der Waals surface area (Å²) in [4.78, 5) is 2.95. The number of aromatic nitrogens is 2. The highest BCUT2D eigenvalue weighted by atomic mass is 32.1. The molecule has 3 nitrogen and oxygen atoms in total. The zero-order valence-electron chi connectivity index (χ0n) is 8.82. The van der Waals surface area contributed by atoms with Gasteiger partial charge in [-0.25, -0.2) is 0 Å². The standard InChI is InChI=1S/C10H18N2OS/c1-9(2)3-7-13-8-6-12-5-4-11-10(12)14/h4-5,9H,3,6-8H2,1-2H3,(H,11,14). The Balaban J connectivity index is 2.11. The van der Waals surface area contributed by atoms with Crippen molar-refractivity contribution < 1.29 is 4.74 Å². The molecule has 0 aliphatic carbocycles. The molecule has 0 saturated heterocycles. The van der Waals surface area contributed by atoms with E-state index in [1.165, 1.54) is 0 Å². The summed E-state index contributed by atoms with van der Waals surface area (Å²) in [7, 11) is 0. The zero-order chi connectivity index (χ0) is 10.4. The molecule has 0 spiro atoms. The number of rotatable bonds is 6. The number of H-pyrrole nitrogens is 1. The summed E-state index contributed by atoms with van der Waals surface area (Å²) in [6.45, 7) is 6.81. The molecule has 4 heteroatoms. The van der Waals surface area contributed by atoms with Gasteiger partial charge in [-0.15, -0.1) is 0 Å². The first-order valence-corrected chi connectivity index (χ1v) is 5.42. The van der Waals surface area contributed by atoms with Crippen molar-refractivity contribution in [3.8, 4) is 0 Å². The van der Waals surface area contributed by atoms with Crippen LogP contribution in [0.3, 0.4) is 0 Å². The molecular formula is C10H18N2OS. The Morgan fingerprint density at radius 1 is 1.50 bits per heavy atom. The molecule has 0 atom stereocenters. The normalized spacial score (nSPS) is 11.1. The van der Waals surface area contributed by atoms with E-state index in [4.69, 9.17) is 17.0 Å². The highest BCUT2D eigenvalue weighted by Crippen LogP contribution is 1.99. The quantitative estimate of drug-likeness (QED) is 0.583. The van der Waals surface area contributed by atoms with Gasteiger partial charge in [0.05, 0.1) is 6.61 Å². The first-order chi connectivity index (χ1) is 6.70. The van der Waals surface area contributed by atoms with E-state index in [0.717, 1.165) is 31.0 Å². The van der Waals surface area contributed by atoms with Crippen LogP contribution in [0.2, 0.25) is 0 Å². The van der Waals surface area contributed by atoms with Crippen LogP contribution in [0.25, 0.3) is 0 Å². The SMILES string of the molecule is CC(C)CCOCCn1cc[nH]c1=S. The molecule has 1 heterocycles. The van der Waals surface area contributed by atoms with E-state index in [-0.39, 0.29) is 0 Å². The van der Waals surface area contributed by atoms with Gasteiger partial charge in [-0.05, 0) is 24.6 Å². The molecule has 1 aromatic heterocycles. The summed E-state index contributed by atoms with van der Waals surface area (Å²) in [5, 5.41) is 0. The second kappa shape index (κ2) is 5.98. The van der Waals surface area contributed by atoms with Crippen molar-refractivity contribution in [3.63, 3.8) is 0 Å². The third-order valence-corrected chi connectivity index (χ3v) is 2.39. The summed E-state index contributed by atoms with van der Waals surface area (Å²) < 4.78 is 8.23. The average molecular weight is 214 g/mol. The van der Waals surface area contributed by atoms with Crippen molar-refractivity contribution in [2.75, 3.05) is 13.2 Å². The Bertz CT molecular complexity index is 303. The van der Waals surface area contributed by atoms with Gasteiger partial charge in [0.2, 0.25) is 0 Å². The van der Waals surface area contributed by atoms with Crippen molar-refractivity contribution in [2.24, 2.45) is 5.92 Å². The fraction of sp³-hybridized carbons (Fsp3) is 0.700. The maximum atomic E-state index is 5.49. The topological polar surface area (TPSA) is 29.9 Å². The number of hydrogen-bond acceptors (Lipinski definition) is 2. The highest BCUT2D eigenvalue weighted by molar-refractivity contribution is 7.71. The molecule has 0 fully saturated rings. The minimum absolute atomic E-state index is 0.712. The van der Waals surface area contributed by atoms with E-state index in [0.29, 0.717) is 5.92 Å². The molecule has 1 rings (SSSR count). The molecular weight excluding hydrogens is 196 g/mol. The Kier molecular flexibility index (Phi) is 4.90. The largest absolute Gasteiger partial charge is 0.380 e. The number of nitrogens with zero attached hydrogens (tertiary/aromatic N) is 1. The van der Waals surface area contributed by atoms with E-state index >= 15 is 0 Å². The van der Waals surface area contributed by atoms with Gasteiger partial charge in [-0.2, -0.15) is 0 Å². The fourth-order valence-electron chi connectivity index (χ4n) is 1.11. The predicted molar refractivity (Wildman–Crippen MR) is 59.9 cm³/mol. The summed E-state index contributed by atoms with van der Waals surface area (Å²) in [6, 6.07) is 0. The number of hydrogen-bond donors (Lipinski definition) is 1. The van der Waals surface area contributed by atoms with Crippen molar-refractivity contribution >= 4 is 12.2 Å². The molecule has 0 unspecified atom stereocenters. The maximum Gasteiger partial charge on any atom is 0.177 e. The molecule has 0 aliphatic rings. The first kappa shape index (κ1) is 11.5. The lowest BCUT2D eigenvalue weighted by Gasteiger charge is -2.06. The van der Waals surface area contributed by atoms with Crippen molar-refractivity contribution in [1.82, 2.24) is 9.55 Å². The molecule has 80 valence electrons. The van der Waals surface area contributed by atoms with E-state index in [1.807, 2.05) is 17.0 Å². The van der Waals surface area contributed by atoms with E-state index in [9.17, 15) is 0 Å². The third-order valence-electron chi connectivity index (χ3n) is 2.04. The van der Waals surface area contributed by atoms with Crippen LogP contribution in [0.5, 0.6) is 0 Å². The van der Waals surface area contributed by atoms with Crippen LogP contribution >= 0.6 is 12.2 Å². The Labute approximate surface area is 90.1 Å². The van der Waals surface area contributed by atoms with Crippen LogP contribution in [-0.2, 0) is 11.3 Å². The Morgan fingerprint density at radius 3 is 2.86 bits per heavy atom. The van der Waals surface area contributed by atoms with Gasteiger partial charge in [0.25, 0.3) is 0 Å². The van der Waals surface area contributed by atoms with E-state index in [1.54, 1.807) is 0 Å². The van der Waals surface area contributed by atoms with Crippen LogP contribution in [0.4, 0.5) is 0 Å². The van der Waals surface area contributed by atoms with Gasteiger partial charge in [0.15, 0.2) is 4.77 Å². The number of imidazole rings is 1. The minimum Gasteiger partial charge on any atom is -0.380 e. The predicted octanol–water partition coefficient (Wildman–Crippen LogP) is 2.61. The van der Waals surface area contributed by atoms with Crippen LogP contribution in [0.15, 0.2) is 12.4 Å². The van der Waals surface area contributed by atoms with Gasteiger partial charge < -0.3 is 14.3 Å². The average Bonchev–Trinajstić information content (AvgIpc) is 2.51. The summed E-state index contributed by atoms with van der Waals surface area (Å²) >= 11 is 5.06. The van der Waals surface area contributed by atoms with Crippen molar-refractivity contribution in [1.29, 1.82) is 0 Å². The van der Waals surface area contributed by atoms with Crippen molar-refractivity contribution in [3.05, 3.63) is 17.2 Å². The van der Waals surface area contributed by atoms with E-state index in [2.05, 4.69) is 18.8 Å². The van der Waals surface area contributed by atoms with Gasteiger partial charge in [0, 0.05) is 25.5 Å². The van der Waals surface area contributed by atoms with Gasteiger partial charge in [-0.1, -0.05) is 13.8 Å². The molecule has 14 heavy (non-hydrogen) atoms. The molecule has 0 bridgehead atoms. The first-order valence-electron chi connectivity index (χ1n) is 5.01. The number of aromatic amines is 1. The fourth-order valence-corrected chi connectivity index (χ4v) is 1.33. The molecule has 0 aromatic carbocycles. The number of ether oxygens (including phenoxy) is 1. The molecule has 1 N–H and O–H groups in total. The third kappa shape index (κ3) is 4.07. The molecule has 0 saturated carbocycles. The molecule has 1 aromatic rings. The monoisotopic (exact) mass is 214 g/mol. The smallest absolute Gasteiger partial charge is 0.177 e. The summed E-state index contributed by atoms with van der Waals surface area (Å²) in [5.74, 6) is 0.712. The second-order valence-electron chi connectivity index (χ2n) is 3.75. The van der Waals surface area contributed by atoms with Crippen LogP contribution in [0, 0.1) is 10.7 Å². The molecule has 0 aliphatic heterocycles. The summed E-state index contributed by atoms with van der Waals surface area (Å²) in [5.41, 5.74) is 0. The highest BCUT2D eigenvalue weighted by Gasteiger charge is 1.95. The Hall–Kier alpha value is -0.610. The maximum absolute atomic E-state index is 5.49. The van der Waals surface area contributed by atoms with Gasteiger partial charge in [-0.3, -0.25) is 0 Å². The van der Waals surface area contributed by atoms with Gasteiger partial charge in [0.1, 0.15) is 0 Å². The zero-order valence-corrected chi connectivity index (χ0v) is 9.64. The lowest BCUT2D eigenvalue weighted by molar-refractivity contribution is 0.116. The molecule has 0 amide bonds. The number of nitrogens with one attached hydrogen (secondary N) is 1. The minimum atomic E-state index is 0.712.